The molecule has 3 N–H and O–H groups in total. The predicted octanol–water partition coefficient (Wildman–Crippen LogP) is 3.45. The molecule has 1 unspecified atom stereocenters. The number of hydrogen-bond donors (Lipinski definition) is 2. The molecular weight excluding hydrogens is 264 g/mol. The lowest BCUT2D eigenvalue weighted by Gasteiger charge is -2.23. The molecule has 0 radical (unpaired) electrons. The maximum atomic E-state index is 5.67. The third-order valence-electron chi connectivity index (χ3n) is 3.07. The number of halogens is 1. The first-order valence-corrected chi connectivity index (χ1v) is 6.51. The maximum Gasteiger partial charge on any atom is 0.0670 e. The molecule has 1 aliphatic carbocycles. The summed E-state index contributed by atoms with van der Waals surface area (Å²) < 4.78 is 1.10. The smallest absolute Gasteiger partial charge is 0.0670 e. The van der Waals surface area contributed by atoms with Crippen LogP contribution < -0.4 is 11.3 Å². The number of rotatable bonds is 3. The summed E-state index contributed by atoms with van der Waals surface area (Å²) in [4.78, 5) is 0. The van der Waals surface area contributed by atoms with E-state index in [1.54, 1.807) is 0 Å². The molecule has 0 bridgehead atoms. The van der Waals surface area contributed by atoms with Crippen molar-refractivity contribution in [2.45, 2.75) is 31.7 Å². The Morgan fingerprint density at radius 1 is 1.19 bits per heavy atom. The van der Waals surface area contributed by atoms with Gasteiger partial charge in [-0.2, -0.15) is 0 Å². The van der Waals surface area contributed by atoms with Crippen LogP contribution in [-0.4, -0.2) is 0 Å². The lowest BCUT2D eigenvalue weighted by Crippen LogP contribution is -2.29. The Kier molecular flexibility index (Phi) is 4.16. The summed E-state index contributed by atoms with van der Waals surface area (Å²) in [6, 6.07) is 8.52. The minimum atomic E-state index is 0.174. The molecule has 1 aromatic rings. The average molecular weight is 281 g/mol. The van der Waals surface area contributed by atoms with Gasteiger partial charge < -0.3 is 0 Å². The van der Waals surface area contributed by atoms with E-state index in [9.17, 15) is 0 Å². The molecule has 3 heteroatoms. The van der Waals surface area contributed by atoms with E-state index in [4.69, 9.17) is 5.84 Å². The fourth-order valence-electron chi connectivity index (χ4n) is 2.20. The zero-order chi connectivity index (χ0) is 11.4. The summed E-state index contributed by atoms with van der Waals surface area (Å²) >= 11 is 3.45. The number of nitrogens with two attached hydrogens (primary N) is 1. The van der Waals surface area contributed by atoms with Crippen LogP contribution in [0.5, 0.6) is 0 Å². The number of allylic oxidation sites excluding steroid dienone is 1. The highest BCUT2D eigenvalue weighted by molar-refractivity contribution is 9.10. The third kappa shape index (κ3) is 2.73. The zero-order valence-electron chi connectivity index (χ0n) is 9.25. The first kappa shape index (κ1) is 11.8. The van der Waals surface area contributed by atoms with Crippen molar-refractivity contribution in [3.8, 4) is 0 Å². The average Bonchev–Trinajstić information content (AvgIpc) is 2.34. The topological polar surface area (TPSA) is 38.0 Å². The van der Waals surface area contributed by atoms with Gasteiger partial charge in [0, 0.05) is 4.47 Å². The Hall–Kier alpha value is -0.640. The van der Waals surface area contributed by atoms with Crippen LogP contribution in [0.3, 0.4) is 0 Å². The lowest BCUT2D eigenvalue weighted by molar-refractivity contribution is 0.566. The molecule has 0 aromatic heterocycles. The lowest BCUT2D eigenvalue weighted by atomic mass is 9.90. The van der Waals surface area contributed by atoms with Crippen LogP contribution in [-0.2, 0) is 0 Å². The molecular formula is C13H17BrN2. The van der Waals surface area contributed by atoms with Gasteiger partial charge in [0.15, 0.2) is 0 Å². The molecule has 1 atom stereocenters. The van der Waals surface area contributed by atoms with Gasteiger partial charge in [-0.3, -0.25) is 5.84 Å². The fourth-order valence-corrected chi connectivity index (χ4v) is 2.46. The summed E-state index contributed by atoms with van der Waals surface area (Å²) in [6.07, 6.45) is 7.26. The molecule has 1 aromatic carbocycles. The molecule has 16 heavy (non-hydrogen) atoms. The highest BCUT2D eigenvalue weighted by Crippen LogP contribution is 2.29. The molecule has 0 saturated heterocycles. The highest BCUT2D eigenvalue weighted by atomic mass is 79.9. The van der Waals surface area contributed by atoms with Crippen molar-refractivity contribution in [1.82, 2.24) is 5.43 Å². The van der Waals surface area contributed by atoms with Crippen LogP contribution in [0.2, 0.25) is 0 Å². The van der Waals surface area contributed by atoms with E-state index < -0.39 is 0 Å². The molecule has 2 nitrogen and oxygen atoms in total. The number of benzene rings is 1. The predicted molar refractivity (Wildman–Crippen MR) is 70.8 cm³/mol. The molecule has 0 fully saturated rings. The largest absolute Gasteiger partial charge is 0.271 e. The van der Waals surface area contributed by atoms with Crippen LogP contribution >= 0.6 is 15.9 Å². The van der Waals surface area contributed by atoms with Gasteiger partial charge in [-0.25, -0.2) is 5.43 Å². The highest BCUT2D eigenvalue weighted by Gasteiger charge is 2.16. The summed E-state index contributed by atoms with van der Waals surface area (Å²) in [5.41, 5.74) is 5.59. The quantitative estimate of drug-likeness (QED) is 0.506. The summed E-state index contributed by atoms with van der Waals surface area (Å²) in [5, 5.41) is 0. The maximum absolute atomic E-state index is 5.67. The van der Waals surface area contributed by atoms with E-state index in [1.165, 1.54) is 30.4 Å². The van der Waals surface area contributed by atoms with Crippen molar-refractivity contribution in [2.75, 3.05) is 0 Å². The molecule has 0 saturated carbocycles. The molecule has 86 valence electrons. The Morgan fingerprint density at radius 3 is 2.50 bits per heavy atom. The van der Waals surface area contributed by atoms with Crippen LogP contribution in [0.25, 0.3) is 0 Å². The Balaban J connectivity index is 2.21. The standard InChI is InChI=1S/C13H17BrN2/c14-12-8-6-11(7-9-12)13(16-15)10-4-2-1-3-5-10/h4,6-9,13,16H,1-3,5,15H2. The van der Waals surface area contributed by atoms with Gasteiger partial charge in [0.05, 0.1) is 6.04 Å². The van der Waals surface area contributed by atoms with E-state index in [1.807, 2.05) is 0 Å². The number of nitrogens with one attached hydrogen (secondary N) is 1. The van der Waals surface area contributed by atoms with Crippen LogP contribution in [0, 0.1) is 0 Å². The third-order valence-corrected chi connectivity index (χ3v) is 3.60. The number of hydrazine groups is 1. The summed E-state index contributed by atoms with van der Waals surface area (Å²) in [5.74, 6) is 5.67. The van der Waals surface area contributed by atoms with E-state index >= 15 is 0 Å². The van der Waals surface area contributed by atoms with Crippen molar-refractivity contribution in [3.05, 3.63) is 46.0 Å². The Labute approximate surface area is 105 Å². The zero-order valence-corrected chi connectivity index (χ0v) is 10.8. The van der Waals surface area contributed by atoms with Gasteiger partial charge in [-0.05, 0) is 43.4 Å². The van der Waals surface area contributed by atoms with Crippen molar-refractivity contribution < 1.29 is 0 Å². The minimum absolute atomic E-state index is 0.174. The molecule has 0 amide bonds. The van der Waals surface area contributed by atoms with Crippen LogP contribution in [0.15, 0.2) is 40.4 Å². The second-order valence-corrected chi connectivity index (χ2v) is 5.09. The molecule has 1 aliphatic rings. The Bertz CT molecular complexity index is 370. The van der Waals surface area contributed by atoms with Crippen molar-refractivity contribution in [1.29, 1.82) is 0 Å². The molecule has 2 rings (SSSR count). The van der Waals surface area contributed by atoms with Crippen molar-refractivity contribution >= 4 is 15.9 Å². The number of hydrogen-bond acceptors (Lipinski definition) is 2. The van der Waals surface area contributed by atoms with Gasteiger partial charge in [0.25, 0.3) is 0 Å². The molecule has 0 spiro atoms. The summed E-state index contributed by atoms with van der Waals surface area (Å²) in [7, 11) is 0. The van der Waals surface area contributed by atoms with Crippen LogP contribution in [0.4, 0.5) is 0 Å². The normalized spacial score (nSPS) is 18.0. The summed E-state index contributed by atoms with van der Waals surface area (Å²) in [6.45, 7) is 0. The van der Waals surface area contributed by atoms with E-state index in [2.05, 4.69) is 51.7 Å². The second-order valence-electron chi connectivity index (χ2n) is 4.18. The van der Waals surface area contributed by atoms with Gasteiger partial charge in [-0.15, -0.1) is 0 Å². The first-order valence-electron chi connectivity index (χ1n) is 5.72. The Morgan fingerprint density at radius 2 is 1.94 bits per heavy atom. The van der Waals surface area contributed by atoms with Gasteiger partial charge in [-0.1, -0.05) is 39.7 Å². The van der Waals surface area contributed by atoms with Gasteiger partial charge in [0.1, 0.15) is 0 Å². The van der Waals surface area contributed by atoms with E-state index in [-0.39, 0.29) is 6.04 Å². The second kappa shape index (κ2) is 5.62. The van der Waals surface area contributed by atoms with Crippen molar-refractivity contribution in [3.63, 3.8) is 0 Å². The molecule has 0 aliphatic heterocycles. The minimum Gasteiger partial charge on any atom is -0.271 e. The van der Waals surface area contributed by atoms with Crippen molar-refractivity contribution in [2.24, 2.45) is 5.84 Å². The van der Waals surface area contributed by atoms with Gasteiger partial charge >= 0.3 is 0 Å². The van der Waals surface area contributed by atoms with E-state index in [0.717, 1.165) is 10.9 Å². The van der Waals surface area contributed by atoms with Crippen LogP contribution in [0.1, 0.15) is 37.3 Å². The monoisotopic (exact) mass is 280 g/mol. The fraction of sp³-hybridized carbons (Fsp3) is 0.385. The van der Waals surface area contributed by atoms with Gasteiger partial charge in [0.2, 0.25) is 0 Å². The molecule has 0 heterocycles. The SMILES string of the molecule is NNC(C1=CCCCC1)c1ccc(Br)cc1. The van der Waals surface area contributed by atoms with E-state index in [0.29, 0.717) is 0 Å². The first-order chi connectivity index (χ1) is 7.81.